The molecule has 0 saturated heterocycles. The first kappa shape index (κ1) is 13.9. The van der Waals surface area contributed by atoms with Crippen LogP contribution in [-0.2, 0) is 5.60 Å². The number of aliphatic hydroxyl groups is 1. The van der Waals surface area contributed by atoms with Crippen molar-refractivity contribution in [2.45, 2.75) is 18.7 Å². The molecule has 0 saturated carbocycles. The van der Waals surface area contributed by atoms with E-state index < -0.39 is 35.5 Å². The Morgan fingerprint density at radius 3 is 2.12 bits per heavy atom. The number of halogens is 5. The number of hydrogen-bond donors (Lipinski definition) is 2. The van der Waals surface area contributed by atoms with Gasteiger partial charge in [-0.1, -0.05) is 12.1 Å². The third-order valence-corrected chi connectivity index (χ3v) is 2.49. The molecule has 1 rings (SSSR count). The molecule has 1 aromatic rings. The summed E-state index contributed by atoms with van der Waals surface area (Å²) in [6, 6.07) is 1.62. The fourth-order valence-corrected chi connectivity index (χ4v) is 1.34. The Bertz CT molecular complexity index is 431. The maximum absolute atomic E-state index is 13.4. The number of hydrogen-bond acceptors (Lipinski definition) is 2. The third kappa shape index (κ3) is 2.12. The minimum atomic E-state index is -5.19. The molecule has 0 heterocycles. The van der Waals surface area contributed by atoms with E-state index >= 15 is 0 Å². The van der Waals surface area contributed by atoms with Crippen LogP contribution in [-0.4, -0.2) is 17.8 Å². The maximum atomic E-state index is 13.4. The molecule has 2 nitrogen and oxygen atoms in total. The summed E-state index contributed by atoms with van der Waals surface area (Å²) in [5.41, 5.74) is -0.140. The summed E-state index contributed by atoms with van der Waals surface area (Å²) >= 11 is 0. The van der Waals surface area contributed by atoms with Crippen molar-refractivity contribution in [2.75, 3.05) is 6.54 Å². The Morgan fingerprint density at radius 1 is 1.18 bits per heavy atom. The van der Waals surface area contributed by atoms with Gasteiger partial charge in [0.1, 0.15) is 0 Å². The number of rotatable bonds is 2. The monoisotopic (exact) mass is 255 g/mol. The molecule has 0 aliphatic rings. The largest absolute Gasteiger partial charge is 0.422 e. The van der Waals surface area contributed by atoms with Gasteiger partial charge in [-0.2, -0.15) is 13.2 Å². The molecule has 17 heavy (non-hydrogen) atoms. The van der Waals surface area contributed by atoms with Gasteiger partial charge >= 0.3 is 6.18 Å². The average molecular weight is 255 g/mol. The number of aryl methyl sites for hydroxylation is 1. The molecule has 3 N–H and O–H groups in total. The molecular weight excluding hydrogens is 245 g/mol. The third-order valence-electron chi connectivity index (χ3n) is 2.49. The van der Waals surface area contributed by atoms with Crippen LogP contribution in [0.15, 0.2) is 12.1 Å². The first-order valence-corrected chi connectivity index (χ1v) is 4.59. The van der Waals surface area contributed by atoms with Gasteiger partial charge in [0.2, 0.25) is 5.60 Å². The zero-order valence-electron chi connectivity index (χ0n) is 8.78. The lowest BCUT2D eigenvalue weighted by atomic mass is 9.91. The van der Waals surface area contributed by atoms with E-state index in [1.807, 2.05) is 0 Å². The zero-order chi connectivity index (χ0) is 13.4. The highest BCUT2D eigenvalue weighted by molar-refractivity contribution is 5.31. The van der Waals surface area contributed by atoms with Crippen LogP contribution in [0.3, 0.4) is 0 Å². The molecule has 0 spiro atoms. The molecule has 0 radical (unpaired) electrons. The van der Waals surface area contributed by atoms with Crippen LogP contribution in [0, 0.1) is 18.6 Å². The van der Waals surface area contributed by atoms with E-state index in [0.29, 0.717) is 6.07 Å². The molecule has 0 aliphatic heterocycles. The Hall–Kier alpha value is -1.21. The van der Waals surface area contributed by atoms with Crippen LogP contribution < -0.4 is 5.73 Å². The van der Waals surface area contributed by atoms with Crippen LogP contribution in [0.1, 0.15) is 11.1 Å². The summed E-state index contributed by atoms with van der Waals surface area (Å²) in [5.74, 6) is -3.17. The quantitative estimate of drug-likeness (QED) is 0.794. The fraction of sp³-hybridized carbons (Fsp3) is 0.400. The molecule has 0 aliphatic carbocycles. The van der Waals surface area contributed by atoms with Gasteiger partial charge in [0.25, 0.3) is 0 Å². The van der Waals surface area contributed by atoms with E-state index in [4.69, 9.17) is 5.73 Å². The van der Waals surface area contributed by atoms with Crippen molar-refractivity contribution in [3.05, 3.63) is 34.9 Å². The van der Waals surface area contributed by atoms with Crippen molar-refractivity contribution in [2.24, 2.45) is 5.73 Å². The standard InChI is InChI=1S/C10H10F5NO/c1-5-2-3-6(8(12)7(5)11)9(17,4-16)10(13,14)15/h2-3,17H,4,16H2,1H3. The molecule has 0 bridgehead atoms. The van der Waals surface area contributed by atoms with Crippen LogP contribution in [0.4, 0.5) is 22.0 Å². The SMILES string of the molecule is Cc1ccc(C(O)(CN)C(F)(F)F)c(F)c1F. The average Bonchev–Trinajstić information content (AvgIpc) is 2.23. The second kappa shape index (κ2) is 4.23. The first-order valence-electron chi connectivity index (χ1n) is 4.59. The summed E-state index contributed by atoms with van der Waals surface area (Å²) in [5, 5.41) is 9.37. The van der Waals surface area contributed by atoms with Gasteiger partial charge in [-0.05, 0) is 12.5 Å². The normalized spacial score (nSPS) is 15.8. The summed E-state index contributed by atoms with van der Waals surface area (Å²) in [6.45, 7) is -0.104. The minimum absolute atomic E-state index is 0.159. The van der Waals surface area contributed by atoms with E-state index in [1.165, 1.54) is 6.92 Å². The topological polar surface area (TPSA) is 46.2 Å². The van der Waals surface area contributed by atoms with E-state index in [9.17, 15) is 27.1 Å². The number of benzene rings is 1. The van der Waals surface area contributed by atoms with Gasteiger partial charge in [-0.25, -0.2) is 8.78 Å². The zero-order valence-corrected chi connectivity index (χ0v) is 8.78. The Labute approximate surface area is 93.9 Å². The smallest absolute Gasteiger partial charge is 0.375 e. The summed E-state index contributed by atoms with van der Waals surface area (Å²) in [7, 11) is 0. The second-order valence-corrected chi connectivity index (χ2v) is 3.62. The van der Waals surface area contributed by atoms with E-state index in [-0.39, 0.29) is 5.56 Å². The lowest BCUT2D eigenvalue weighted by Gasteiger charge is -2.30. The molecular formula is C10H10F5NO. The van der Waals surface area contributed by atoms with Gasteiger partial charge in [0.05, 0.1) is 0 Å². The van der Waals surface area contributed by atoms with Crippen molar-refractivity contribution in [1.29, 1.82) is 0 Å². The Balaban J connectivity index is 3.47. The van der Waals surface area contributed by atoms with E-state index in [1.54, 1.807) is 0 Å². The minimum Gasteiger partial charge on any atom is -0.375 e. The number of nitrogens with two attached hydrogens (primary N) is 1. The molecule has 1 atom stereocenters. The highest BCUT2D eigenvalue weighted by atomic mass is 19.4. The summed E-state index contributed by atoms with van der Waals surface area (Å²) in [6.07, 6.45) is -5.19. The Morgan fingerprint density at radius 2 is 1.71 bits per heavy atom. The van der Waals surface area contributed by atoms with Crippen molar-refractivity contribution in [3.63, 3.8) is 0 Å². The van der Waals surface area contributed by atoms with Gasteiger partial charge in [0.15, 0.2) is 11.6 Å². The lowest BCUT2D eigenvalue weighted by Crippen LogP contribution is -2.49. The van der Waals surface area contributed by atoms with Crippen LogP contribution in [0.25, 0.3) is 0 Å². The molecule has 7 heteroatoms. The van der Waals surface area contributed by atoms with Gasteiger partial charge in [-0.3, -0.25) is 0 Å². The molecule has 0 amide bonds. The van der Waals surface area contributed by atoms with Crippen molar-refractivity contribution in [1.82, 2.24) is 0 Å². The van der Waals surface area contributed by atoms with Crippen LogP contribution in [0.2, 0.25) is 0 Å². The van der Waals surface area contributed by atoms with Gasteiger partial charge in [-0.15, -0.1) is 0 Å². The van der Waals surface area contributed by atoms with Crippen LogP contribution in [0.5, 0.6) is 0 Å². The molecule has 1 aromatic carbocycles. The highest BCUT2D eigenvalue weighted by Gasteiger charge is 2.55. The van der Waals surface area contributed by atoms with Gasteiger partial charge < -0.3 is 10.8 Å². The summed E-state index contributed by atoms with van der Waals surface area (Å²) < 4.78 is 64.3. The summed E-state index contributed by atoms with van der Waals surface area (Å²) in [4.78, 5) is 0. The number of alkyl halides is 3. The van der Waals surface area contributed by atoms with Crippen molar-refractivity contribution >= 4 is 0 Å². The molecule has 96 valence electrons. The first-order chi connectivity index (χ1) is 7.65. The van der Waals surface area contributed by atoms with E-state index in [0.717, 1.165) is 6.07 Å². The molecule has 0 fully saturated rings. The predicted octanol–water partition coefficient (Wildman–Crippen LogP) is 1.98. The second-order valence-electron chi connectivity index (χ2n) is 3.62. The predicted molar refractivity (Wildman–Crippen MR) is 50.1 cm³/mol. The Kier molecular flexibility index (Phi) is 3.45. The lowest BCUT2D eigenvalue weighted by molar-refractivity contribution is -0.263. The van der Waals surface area contributed by atoms with Crippen molar-refractivity contribution < 1.29 is 27.1 Å². The van der Waals surface area contributed by atoms with Gasteiger partial charge in [0, 0.05) is 12.1 Å². The van der Waals surface area contributed by atoms with Crippen LogP contribution >= 0.6 is 0 Å². The molecule has 1 unspecified atom stereocenters. The van der Waals surface area contributed by atoms with E-state index in [2.05, 4.69) is 0 Å². The molecule has 0 aromatic heterocycles. The fourth-order valence-electron chi connectivity index (χ4n) is 1.34. The highest BCUT2D eigenvalue weighted by Crippen LogP contribution is 2.39. The maximum Gasteiger partial charge on any atom is 0.422 e. The van der Waals surface area contributed by atoms with Crippen molar-refractivity contribution in [3.8, 4) is 0 Å².